The van der Waals surface area contributed by atoms with Crippen molar-refractivity contribution in [1.82, 2.24) is 29.8 Å². The highest BCUT2D eigenvalue weighted by Gasteiger charge is 2.47. The standard InChI is InChI=1S/C23H23N7O4/c1-24-22(33)18-16(31)17(32)23(34-18)30-12-27-15-20(26-11-13-7-3-2-4-8-13)28-19(29-21(15)30)14-9-5-6-10-25-14/h2-10,12,16-18,23,31-32H,11H2,1H3,(H,24,33)(H,26,28,29)/t16-,17+,18-,23?/m0/s1. The molecule has 4 heterocycles. The van der Waals surface area contributed by atoms with Crippen molar-refractivity contribution < 1.29 is 19.7 Å². The van der Waals surface area contributed by atoms with Gasteiger partial charge in [0, 0.05) is 19.8 Å². The molecular formula is C23H23N7O4. The normalized spacial score (nSPS) is 22.1. The van der Waals surface area contributed by atoms with Gasteiger partial charge < -0.3 is 25.6 Å². The van der Waals surface area contributed by atoms with Gasteiger partial charge in [-0.3, -0.25) is 14.3 Å². The van der Waals surface area contributed by atoms with Crippen LogP contribution in [0.25, 0.3) is 22.7 Å². The first-order valence-corrected chi connectivity index (χ1v) is 10.7. The third-order valence-electron chi connectivity index (χ3n) is 5.64. The van der Waals surface area contributed by atoms with E-state index in [4.69, 9.17) is 4.74 Å². The van der Waals surface area contributed by atoms with Gasteiger partial charge in [0.05, 0.1) is 6.33 Å². The second-order valence-corrected chi connectivity index (χ2v) is 7.82. The lowest BCUT2D eigenvalue weighted by molar-refractivity contribution is -0.137. The highest BCUT2D eigenvalue weighted by atomic mass is 16.6. The first-order chi connectivity index (χ1) is 16.6. The van der Waals surface area contributed by atoms with E-state index in [0.717, 1.165) is 5.56 Å². The van der Waals surface area contributed by atoms with Crippen molar-refractivity contribution in [2.75, 3.05) is 12.4 Å². The Morgan fingerprint density at radius 2 is 1.85 bits per heavy atom. The van der Waals surface area contributed by atoms with Crippen LogP contribution in [0.3, 0.4) is 0 Å². The monoisotopic (exact) mass is 461 g/mol. The molecule has 0 spiro atoms. The van der Waals surface area contributed by atoms with Gasteiger partial charge in [0.15, 0.2) is 35.1 Å². The van der Waals surface area contributed by atoms with Crippen LogP contribution < -0.4 is 10.6 Å². The first kappa shape index (κ1) is 21.9. The second kappa shape index (κ2) is 9.14. The zero-order valence-corrected chi connectivity index (χ0v) is 18.2. The molecule has 0 radical (unpaired) electrons. The summed E-state index contributed by atoms with van der Waals surface area (Å²) >= 11 is 0. The van der Waals surface area contributed by atoms with Gasteiger partial charge in [0.1, 0.15) is 17.9 Å². The second-order valence-electron chi connectivity index (χ2n) is 7.82. The summed E-state index contributed by atoms with van der Waals surface area (Å²) in [7, 11) is 1.43. The number of likely N-dealkylation sites (N-methyl/N-ethyl adjacent to an activating group) is 1. The fourth-order valence-electron chi connectivity index (χ4n) is 3.87. The number of nitrogens with one attached hydrogen (secondary N) is 2. The summed E-state index contributed by atoms with van der Waals surface area (Å²) < 4.78 is 7.21. The number of aliphatic hydroxyl groups excluding tert-OH is 2. The molecule has 1 fully saturated rings. The number of ether oxygens (including phenoxy) is 1. The summed E-state index contributed by atoms with van der Waals surface area (Å²) in [5.74, 6) is 0.290. The molecule has 1 aliphatic rings. The van der Waals surface area contributed by atoms with Crippen molar-refractivity contribution in [3.63, 3.8) is 0 Å². The summed E-state index contributed by atoms with van der Waals surface area (Å²) in [5.41, 5.74) is 2.42. The Hall–Kier alpha value is -3.93. The highest BCUT2D eigenvalue weighted by molar-refractivity contribution is 5.85. The maximum absolute atomic E-state index is 12.1. The minimum Gasteiger partial charge on any atom is -0.387 e. The summed E-state index contributed by atoms with van der Waals surface area (Å²) in [6.07, 6.45) is -1.98. The minimum absolute atomic E-state index is 0.348. The van der Waals surface area contributed by atoms with E-state index in [1.807, 2.05) is 36.4 Å². The molecule has 0 aliphatic carbocycles. The quantitative estimate of drug-likeness (QED) is 0.328. The summed E-state index contributed by atoms with van der Waals surface area (Å²) in [6.45, 7) is 0.501. The van der Waals surface area contributed by atoms with E-state index < -0.39 is 30.4 Å². The van der Waals surface area contributed by atoms with Crippen LogP contribution in [0.4, 0.5) is 5.82 Å². The maximum atomic E-state index is 12.1. The van der Waals surface area contributed by atoms with Crippen LogP contribution >= 0.6 is 0 Å². The molecule has 0 saturated carbocycles. The highest BCUT2D eigenvalue weighted by Crippen LogP contribution is 2.33. The number of imidazole rings is 1. The molecule has 174 valence electrons. The molecule has 5 rings (SSSR count). The Morgan fingerprint density at radius 1 is 1.06 bits per heavy atom. The van der Waals surface area contributed by atoms with Gasteiger partial charge in [-0.2, -0.15) is 0 Å². The third kappa shape index (κ3) is 3.96. The van der Waals surface area contributed by atoms with E-state index in [1.165, 1.54) is 17.9 Å². The predicted octanol–water partition coefficient (Wildman–Crippen LogP) is 0.866. The van der Waals surface area contributed by atoms with Crippen LogP contribution in [-0.4, -0.2) is 66.0 Å². The van der Waals surface area contributed by atoms with Crippen molar-refractivity contribution in [1.29, 1.82) is 0 Å². The molecule has 1 aliphatic heterocycles. The Morgan fingerprint density at radius 3 is 2.59 bits per heavy atom. The Labute approximate surface area is 194 Å². The van der Waals surface area contributed by atoms with Crippen molar-refractivity contribution in [2.45, 2.75) is 31.1 Å². The summed E-state index contributed by atoms with van der Waals surface area (Å²) in [6, 6.07) is 15.2. The lowest BCUT2D eigenvalue weighted by atomic mass is 10.1. The van der Waals surface area contributed by atoms with E-state index >= 15 is 0 Å². The number of aromatic nitrogens is 5. The number of hydrogen-bond acceptors (Lipinski definition) is 9. The molecule has 0 bridgehead atoms. The van der Waals surface area contributed by atoms with Crippen LogP contribution in [0.15, 0.2) is 61.1 Å². The van der Waals surface area contributed by atoms with Crippen LogP contribution in [-0.2, 0) is 16.1 Å². The molecule has 11 nitrogen and oxygen atoms in total. The van der Waals surface area contributed by atoms with Crippen molar-refractivity contribution in [3.8, 4) is 11.5 Å². The molecular weight excluding hydrogens is 438 g/mol. The Balaban J connectivity index is 1.57. The van der Waals surface area contributed by atoms with E-state index in [9.17, 15) is 15.0 Å². The van der Waals surface area contributed by atoms with Crippen LogP contribution in [0.1, 0.15) is 11.8 Å². The molecule has 1 amide bonds. The number of benzene rings is 1. The number of fused-ring (bicyclic) bond motifs is 1. The van der Waals surface area contributed by atoms with Gasteiger partial charge in [-0.25, -0.2) is 15.0 Å². The molecule has 11 heteroatoms. The number of rotatable bonds is 6. The number of pyridine rings is 1. The van der Waals surface area contributed by atoms with Crippen LogP contribution in [0.2, 0.25) is 0 Å². The number of amides is 1. The van der Waals surface area contributed by atoms with Gasteiger partial charge in [-0.05, 0) is 17.7 Å². The average Bonchev–Trinajstić information content (AvgIpc) is 3.44. The van der Waals surface area contributed by atoms with E-state index in [0.29, 0.717) is 35.0 Å². The maximum Gasteiger partial charge on any atom is 0.251 e. The van der Waals surface area contributed by atoms with Gasteiger partial charge in [0.25, 0.3) is 5.91 Å². The number of carbonyl (C=O) groups excluding carboxylic acids is 1. The van der Waals surface area contributed by atoms with Gasteiger partial charge in [-0.1, -0.05) is 36.4 Å². The number of aliphatic hydroxyl groups is 2. The molecule has 4 aromatic rings. The zero-order valence-electron chi connectivity index (χ0n) is 18.2. The van der Waals surface area contributed by atoms with E-state index in [2.05, 4.69) is 30.6 Å². The van der Waals surface area contributed by atoms with Crippen LogP contribution in [0, 0.1) is 0 Å². The molecule has 1 unspecified atom stereocenters. The summed E-state index contributed by atoms with van der Waals surface area (Å²) in [5, 5.41) is 26.7. The number of carbonyl (C=O) groups is 1. The first-order valence-electron chi connectivity index (χ1n) is 10.7. The minimum atomic E-state index is -1.41. The lowest BCUT2D eigenvalue weighted by Crippen LogP contribution is -2.41. The number of anilines is 1. The predicted molar refractivity (Wildman–Crippen MR) is 122 cm³/mol. The third-order valence-corrected chi connectivity index (χ3v) is 5.64. The zero-order chi connectivity index (χ0) is 23.7. The fraction of sp³-hybridized carbons (Fsp3) is 0.261. The van der Waals surface area contributed by atoms with Gasteiger partial charge in [-0.15, -0.1) is 0 Å². The van der Waals surface area contributed by atoms with E-state index in [1.54, 1.807) is 18.3 Å². The van der Waals surface area contributed by atoms with Gasteiger partial charge >= 0.3 is 0 Å². The van der Waals surface area contributed by atoms with Crippen molar-refractivity contribution >= 4 is 22.9 Å². The topological polar surface area (TPSA) is 147 Å². The molecule has 4 N–H and O–H groups in total. The SMILES string of the molecule is CNC(=O)[C@H]1OC(n2cnc3c(NCc4ccccc4)nc(-c4ccccn4)nc32)[C@H](O)[C@@H]1O. The van der Waals surface area contributed by atoms with E-state index in [-0.39, 0.29) is 0 Å². The molecule has 34 heavy (non-hydrogen) atoms. The summed E-state index contributed by atoms with van der Waals surface area (Å²) in [4.78, 5) is 30.1. The largest absolute Gasteiger partial charge is 0.387 e. The van der Waals surface area contributed by atoms with Crippen molar-refractivity contribution in [3.05, 3.63) is 66.6 Å². The smallest absolute Gasteiger partial charge is 0.251 e. The fourth-order valence-corrected chi connectivity index (χ4v) is 3.87. The molecule has 1 aromatic carbocycles. The molecule has 3 aromatic heterocycles. The Bertz CT molecular complexity index is 1300. The molecule has 4 atom stereocenters. The lowest BCUT2D eigenvalue weighted by Gasteiger charge is -2.17. The number of hydrogen-bond donors (Lipinski definition) is 4. The average molecular weight is 461 g/mol. The van der Waals surface area contributed by atoms with Crippen LogP contribution in [0.5, 0.6) is 0 Å². The number of nitrogens with zero attached hydrogens (tertiary/aromatic N) is 5. The van der Waals surface area contributed by atoms with Crippen molar-refractivity contribution in [2.24, 2.45) is 0 Å². The Kier molecular flexibility index (Phi) is 5.88. The van der Waals surface area contributed by atoms with Gasteiger partial charge in [0.2, 0.25) is 0 Å². The molecule has 1 saturated heterocycles.